The number of nitroso groups, excluding NO2 is 1. The van der Waals surface area contributed by atoms with Crippen molar-refractivity contribution in [1.82, 2.24) is 0 Å². The lowest BCUT2D eigenvalue weighted by molar-refractivity contribution is 0.552. The van der Waals surface area contributed by atoms with Gasteiger partial charge in [-0.05, 0) is 43.6 Å². The fraction of sp³-hybridized carbons (Fsp3) is 0.500. The topological polar surface area (TPSA) is 102 Å². The highest BCUT2D eigenvalue weighted by molar-refractivity contribution is 7.91. The summed E-state index contributed by atoms with van der Waals surface area (Å²) in [6.45, 7) is 5.56. The van der Waals surface area contributed by atoms with Crippen LogP contribution in [0.3, 0.4) is 0 Å². The zero-order valence-corrected chi connectivity index (χ0v) is 12.3. The number of rotatable bonds is 5. The van der Waals surface area contributed by atoms with Gasteiger partial charge in [-0.3, -0.25) is 0 Å². The molecule has 0 spiro atoms. The minimum Gasteiger partial charge on any atom is -0.385 e. The lowest BCUT2D eigenvalue weighted by Crippen LogP contribution is -2.42. The molecule has 1 atom stereocenters. The Kier molecular flexibility index (Phi) is 4.32. The van der Waals surface area contributed by atoms with Gasteiger partial charge in [0, 0.05) is 24.1 Å². The first-order chi connectivity index (χ1) is 8.66. The van der Waals surface area contributed by atoms with Gasteiger partial charge in [-0.15, -0.1) is 4.91 Å². The summed E-state index contributed by atoms with van der Waals surface area (Å²) in [5, 5.41) is 5.96. The predicted octanol–water partition coefficient (Wildman–Crippen LogP) is 2.00. The molecule has 106 valence electrons. The van der Waals surface area contributed by atoms with Crippen molar-refractivity contribution in [2.45, 2.75) is 25.6 Å². The smallest absolute Gasteiger partial charge is 0.170 e. The van der Waals surface area contributed by atoms with Gasteiger partial charge in [0.25, 0.3) is 0 Å². The van der Waals surface area contributed by atoms with E-state index in [-0.39, 0.29) is 5.69 Å². The standard InChI is InChI=1S/C12H19N3O3S/c1-5-14-10-7-6-9(15-16)8(2)11(10)12(3,13)19(4,17)18/h6-7,14H,5,13H2,1-4H3. The van der Waals surface area contributed by atoms with E-state index in [9.17, 15) is 13.3 Å². The van der Waals surface area contributed by atoms with Gasteiger partial charge >= 0.3 is 0 Å². The van der Waals surface area contributed by atoms with Crippen molar-refractivity contribution in [1.29, 1.82) is 0 Å². The van der Waals surface area contributed by atoms with Gasteiger partial charge in [0.05, 0.1) is 0 Å². The Hall–Kier alpha value is -1.47. The van der Waals surface area contributed by atoms with Crippen LogP contribution in [0, 0.1) is 11.8 Å². The number of nitrogens with two attached hydrogens (primary N) is 1. The second kappa shape index (κ2) is 5.26. The van der Waals surface area contributed by atoms with E-state index in [2.05, 4.69) is 10.5 Å². The van der Waals surface area contributed by atoms with E-state index in [0.29, 0.717) is 23.4 Å². The molecule has 1 aromatic carbocycles. The van der Waals surface area contributed by atoms with E-state index >= 15 is 0 Å². The molecular weight excluding hydrogens is 266 g/mol. The highest BCUT2D eigenvalue weighted by Crippen LogP contribution is 2.37. The minimum absolute atomic E-state index is 0.192. The normalized spacial score (nSPS) is 14.8. The molecule has 0 bridgehead atoms. The van der Waals surface area contributed by atoms with Gasteiger partial charge in [-0.25, -0.2) is 8.42 Å². The molecule has 3 N–H and O–H groups in total. The fourth-order valence-corrected chi connectivity index (χ4v) is 2.60. The Morgan fingerprint density at radius 3 is 2.42 bits per heavy atom. The van der Waals surface area contributed by atoms with Crippen molar-refractivity contribution in [3.63, 3.8) is 0 Å². The number of sulfone groups is 1. The maximum atomic E-state index is 11.9. The van der Waals surface area contributed by atoms with Gasteiger partial charge in [-0.1, -0.05) is 0 Å². The number of anilines is 1. The number of hydrogen-bond acceptors (Lipinski definition) is 6. The number of hydrogen-bond donors (Lipinski definition) is 2. The van der Waals surface area contributed by atoms with Crippen LogP contribution in [0.4, 0.5) is 11.4 Å². The summed E-state index contributed by atoms with van der Waals surface area (Å²) in [5.41, 5.74) is 7.65. The van der Waals surface area contributed by atoms with Crippen molar-refractivity contribution < 1.29 is 8.42 Å². The van der Waals surface area contributed by atoms with Crippen molar-refractivity contribution in [3.8, 4) is 0 Å². The zero-order valence-electron chi connectivity index (χ0n) is 11.5. The third-order valence-corrected chi connectivity index (χ3v) is 4.91. The first-order valence-electron chi connectivity index (χ1n) is 5.86. The summed E-state index contributed by atoms with van der Waals surface area (Å²) >= 11 is 0. The van der Waals surface area contributed by atoms with E-state index in [1.54, 1.807) is 19.1 Å². The van der Waals surface area contributed by atoms with Crippen molar-refractivity contribution in [3.05, 3.63) is 28.2 Å². The summed E-state index contributed by atoms with van der Waals surface area (Å²) < 4.78 is 23.8. The predicted molar refractivity (Wildman–Crippen MR) is 77.2 cm³/mol. The molecule has 0 aliphatic rings. The molecular formula is C12H19N3O3S. The van der Waals surface area contributed by atoms with Crippen LogP contribution in [0.5, 0.6) is 0 Å². The molecule has 0 aliphatic carbocycles. The maximum Gasteiger partial charge on any atom is 0.170 e. The quantitative estimate of drug-likeness (QED) is 0.806. The average Bonchev–Trinajstić information content (AvgIpc) is 2.28. The SMILES string of the molecule is CCNc1ccc(N=O)c(C)c1C(C)(N)S(C)(=O)=O. The molecule has 19 heavy (non-hydrogen) atoms. The van der Waals surface area contributed by atoms with E-state index in [1.807, 2.05) is 6.92 Å². The van der Waals surface area contributed by atoms with Gasteiger partial charge < -0.3 is 11.1 Å². The van der Waals surface area contributed by atoms with Crippen molar-refractivity contribution in [2.75, 3.05) is 18.1 Å². The van der Waals surface area contributed by atoms with Crippen LogP contribution in [0.1, 0.15) is 25.0 Å². The van der Waals surface area contributed by atoms with Crippen LogP contribution in [0.25, 0.3) is 0 Å². The van der Waals surface area contributed by atoms with E-state index in [1.165, 1.54) is 6.92 Å². The Morgan fingerprint density at radius 1 is 1.42 bits per heavy atom. The van der Waals surface area contributed by atoms with Crippen LogP contribution in [0.15, 0.2) is 17.3 Å². The third-order valence-electron chi connectivity index (χ3n) is 3.17. The van der Waals surface area contributed by atoms with Gasteiger partial charge in [0.2, 0.25) is 0 Å². The van der Waals surface area contributed by atoms with Crippen LogP contribution in [0.2, 0.25) is 0 Å². The third kappa shape index (κ3) is 2.76. The second-order valence-corrected chi connectivity index (χ2v) is 7.03. The summed E-state index contributed by atoms with van der Waals surface area (Å²) in [5.74, 6) is 0. The molecule has 0 radical (unpaired) electrons. The Bertz CT molecular complexity index is 594. The van der Waals surface area contributed by atoms with Crippen LogP contribution < -0.4 is 11.1 Å². The lowest BCUT2D eigenvalue weighted by Gasteiger charge is -2.28. The van der Waals surface area contributed by atoms with E-state index in [0.717, 1.165) is 6.26 Å². The fourth-order valence-electron chi connectivity index (χ4n) is 1.96. The zero-order chi connectivity index (χ0) is 14.8. The number of nitrogens with zero attached hydrogens (tertiary/aromatic N) is 1. The van der Waals surface area contributed by atoms with Gasteiger partial charge in [-0.2, -0.15) is 0 Å². The summed E-state index contributed by atoms with van der Waals surface area (Å²) in [7, 11) is -3.55. The Labute approximate surface area is 113 Å². The summed E-state index contributed by atoms with van der Waals surface area (Å²) in [6.07, 6.45) is 1.07. The Balaban J connectivity index is 3.68. The molecule has 0 heterocycles. The molecule has 0 aromatic heterocycles. The largest absolute Gasteiger partial charge is 0.385 e. The molecule has 1 aromatic rings. The van der Waals surface area contributed by atoms with Crippen LogP contribution >= 0.6 is 0 Å². The monoisotopic (exact) mass is 285 g/mol. The molecule has 0 saturated carbocycles. The average molecular weight is 285 g/mol. The van der Waals surface area contributed by atoms with Crippen LogP contribution in [-0.2, 0) is 14.7 Å². The maximum absolute atomic E-state index is 11.9. The van der Waals surface area contributed by atoms with Gasteiger partial charge in [0.1, 0.15) is 10.6 Å². The number of nitrogens with one attached hydrogen (secondary N) is 1. The molecule has 6 nitrogen and oxygen atoms in total. The second-order valence-electron chi connectivity index (χ2n) is 4.63. The lowest BCUT2D eigenvalue weighted by atomic mass is 9.98. The molecule has 0 fully saturated rings. The van der Waals surface area contributed by atoms with Crippen LogP contribution in [-0.4, -0.2) is 21.2 Å². The van der Waals surface area contributed by atoms with E-state index in [4.69, 9.17) is 5.73 Å². The number of benzene rings is 1. The molecule has 0 aliphatic heterocycles. The van der Waals surface area contributed by atoms with Crippen molar-refractivity contribution >= 4 is 21.2 Å². The summed E-state index contributed by atoms with van der Waals surface area (Å²) in [6, 6.07) is 3.17. The minimum atomic E-state index is -3.55. The molecule has 1 rings (SSSR count). The summed E-state index contributed by atoms with van der Waals surface area (Å²) in [4.78, 5) is 9.18. The van der Waals surface area contributed by atoms with Gasteiger partial charge in [0.15, 0.2) is 9.84 Å². The molecule has 0 saturated heterocycles. The first kappa shape index (κ1) is 15.6. The highest BCUT2D eigenvalue weighted by Gasteiger charge is 2.37. The molecule has 7 heteroatoms. The van der Waals surface area contributed by atoms with E-state index < -0.39 is 14.7 Å². The highest BCUT2D eigenvalue weighted by atomic mass is 32.2. The molecule has 0 amide bonds. The molecule has 1 unspecified atom stereocenters. The Morgan fingerprint density at radius 2 is 2.00 bits per heavy atom. The van der Waals surface area contributed by atoms with Crippen molar-refractivity contribution in [2.24, 2.45) is 10.9 Å². The first-order valence-corrected chi connectivity index (χ1v) is 7.75.